The van der Waals surface area contributed by atoms with Crippen LogP contribution < -0.4 is 0 Å². The Kier molecular flexibility index (Phi) is 2.83. The predicted octanol–water partition coefficient (Wildman–Crippen LogP) is 5.71. The third kappa shape index (κ3) is 1.79. The lowest BCUT2D eigenvalue weighted by Crippen LogP contribution is -1.94. The molecule has 22 heavy (non-hydrogen) atoms. The molecule has 0 saturated heterocycles. The van der Waals surface area contributed by atoms with Crippen molar-refractivity contribution in [2.45, 2.75) is 20.8 Å². The van der Waals surface area contributed by atoms with Crippen molar-refractivity contribution < 1.29 is 0 Å². The fourth-order valence-electron chi connectivity index (χ4n) is 3.50. The molecule has 0 bridgehead atoms. The second-order valence-electron chi connectivity index (χ2n) is 6.11. The molecule has 0 atom stereocenters. The number of hydrogen-bond acceptors (Lipinski definition) is 0. The Morgan fingerprint density at radius 2 is 1.18 bits per heavy atom. The molecule has 1 heteroatoms. The lowest BCUT2D eigenvalue weighted by Gasteiger charge is -2.08. The monoisotopic (exact) mass is 285 g/mol. The second-order valence-corrected chi connectivity index (χ2v) is 6.11. The molecule has 0 amide bonds. The smallest absolute Gasteiger partial charge is 0.0543 e. The number of fused-ring (bicyclic) bond motifs is 3. The lowest BCUT2D eigenvalue weighted by molar-refractivity contribution is 1.17. The Bertz CT molecular complexity index is 946. The molecule has 0 N–H and O–H groups in total. The first kappa shape index (κ1) is 13.1. The van der Waals surface area contributed by atoms with E-state index in [1.54, 1.807) is 0 Å². The van der Waals surface area contributed by atoms with E-state index in [0.717, 1.165) is 0 Å². The molecular formula is C21H19N. The van der Waals surface area contributed by atoms with Crippen LogP contribution in [-0.4, -0.2) is 4.57 Å². The highest BCUT2D eigenvalue weighted by atomic mass is 15.0. The normalized spacial score (nSPS) is 11.4. The van der Waals surface area contributed by atoms with Crippen molar-refractivity contribution in [1.29, 1.82) is 0 Å². The molecule has 0 aliphatic rings. The zero-order chi connectivity index (χ0) is 15.3. The van der Waals surface area contributed by atoms with Crippen LogP contribution in [0.25, 0.3) is 27.5 Å². The van der Waals surface area contributed by atoms with E-state index in [-0.39, 0.29) is 0 Å². The van der Waals surface area contributed by atoms with Gasteiger partial charge in [-0.2, -0.15) is 0 Å². The molecule has 3 aromatic carbocycles. The van der Waals surface area contributed by atoms with Crippen molar-refractivity contribution in [3.63, 3.8) is 0 Å². The van der Waals surface area contributed by atoms with Crippen molar-refractivity contribution in [2.24, 2.45) is 0 Å². The van der Waals surface area contributed by atoms with Gasteiger partial charge in [-0.05, 0) is 61.7 Å². The summed E-state index contributed by atoms with van der Waals surface area (Å²) < 4.78 is 2.39. The van der Waals surface area contributed by atoms with Crippen LogP contribution in [0.2, 0.25) is 0 Å². The van der Waals surface area contributed by atoms with Gasteiger partial charge in [-0.3, -0.25) is 0 Å². The minimum atomic E-state index is 1.23. The summed E-state index contributed by atoms with van der Waals surface area (Å²) in [7, 11) is 0. The van der Waals surface area contributed by atoms with Crippen LogP contribution >= 0.6 is 0 Å². The third-order valence-electron chi connectivity index (χ3n) is 4.49. The fourth-order valence-corrected chi connectivity index (χ4v) is 3.50. The SMILES string of the molecule is Cc1cccc(-n2c3cccc(C)c3c3c(C)cccc32)c1. The molecular weight excluding hydrogens is 266 g/mol. The van der Waals surface area contributed by atoms with Gasteiger partial charge in [-0.1, -0.05) is 36.4 Å². The standard InChI is InChI=1S/C21H19N/c1-14-7-4-10-17(13-14)22-18-11-5-8-15(2)20(18)21-16(3)9-6-12-19(21)22/h4-13H,1-3H3. The highest BCUT2D eigenvalue weighted by Crippen LogP contribution is 2.35. The maximum Gasteiger partial charge on any atom is 0.0543 e. The molecule has 1 nitrogen and oxygen atoms in total. The fraction of sp³-hybridized carbons (Fsp3) is 0.143. The largest absolute Gasteiger partial charge is 0.309 e. The molecule has 1 heterocycles. The zero-order valence-corrected chi connectivity index (χ0v) is 13.2. The number of hydrogen-bond donors (Lipinski definition) is 0. The summed E-state index contributed by atoms with van der Waals surface area (Å²) in [4.78, 5) is 0. The van der Waals surface area contributed by atoms with Gasteiger partial charge in [0.15, 0.2) is 0 Å². The first-order chi connectivity index (χ1) is 10.7. The average molecular weight is 285 g/mol. The molecule has 0 fully saturated rings. The Hall–Kier alpha value is -2.54. The molecule has 0 unspecified atom stereocenters. The third-order valence-corrected chi connectivity index (χ3v) is 4.49. The van der Waals surface area contributed by atoms with Crippen LogP contribution in [0.1, 0.15) is 16.7 Å². The molecule has 0 spiro atoms. The van der Waals surface area contributed by atoms with E-state index < -0.39 is 0 Å². The van der Waals surface area contributed by atoms with Gasteiger partial charge in [0, 0.05) is 16.5 Å². The van der Waals surface area contributed by atoms with Crippen molar-refractivity contribution in [2.75, 3.05) is 0 Å². The van der Waals surface area contributed by atoms with E-state index in [1.807, 2.05) is 0 Å². The quantitative estimate of drug-likeness (QED) is 0.422. The van der Waals surface area contributed by atoms with Gasteiger partial charge in [0.1, 0.15) is 0 Å². The zero-order valence-electron chi connectivity index (χ0n) is 13.2. The van der Waals surface area contributed by atoms with Crippen molar-refractivity contribution in [1.82, 2.24) is 4.57 Å². The van der Waals surface area contributed by atoms with E-state index in [1.165, 1.54) is 44.2 Å². The number of aromatic nitrogens is 1. The Morgan fingerprint density at radius 3 is 1.73 bits per heavy atom. The number of rotatable bonds is 1. The van der Waals surface area contributed by atoms with Crippen LogP contribution in [0.15, 0.2) is 60.7 Å². The molecule has 0 radical (unpaired) electrons. The number of nitrogens with zero attached hydrogens (tertiary/aromatic N) is 1. The number of benzene rings is 3. The van der Waals surface area contributed by atoms with Gasteiger partial charge < -0.3 is 4.57 Å². The Balaban J connectivity index is 2.26. The summed E-state index contributed by atoms with van der Waals surface area (Å²) in [5, 5.41) is 2.74. The van der Waals surface area contributed by atoms with Crippen LogP contribution in [0.4, 0.5) is 0 Å². The first-order valence-electron chi connectivity index (χ1n) is 7.73. The molecule has 4 rings (SSSR count). The average Bonchev–Trinajstić information content (AvgIpc) is 2.84. The summed E-state index contributed by atoms with van der Waals surface area (Å²) in [5.41, 5.74) is 7.76. The number of aryl methyl sites for hydroxylation is 3. The van der Waals surface area contributed by atoms with Gasteiger partial charge in [-0.15, -0.1) is 0 Å². The molecule has 1 aromatic heterocycles. The summed E-state index contributed by atoms with van der Waals surface area (Å²) in [6, 6.07) is 21.9. The molecule has 0 saturated carbocycles. The minimum Gasteiger partial charge on any atom is -0.309 e. The second kappa shape index (κ2) is 4.74. The molecule has 0 aliphatic carbocycles. The highest BCUT2D eigenvalue weighted by molar-refractivity contribution is 6.12. The predicted molar refractivity (Wildman–Crippen MR) is 95.0 cm³/mol. The van der Waals surface area contributed by atoms with Crippen molar-refractivity contribution in [3.8, 4) is 5.69 Å². The van der Waals surface area contributed by atoms with Crippen LogP contribution in [0, 0.1) is 20.8 Å². The maximum absolute atomic E-state index is 2.39. The molecule has 4 aromatic rings. The lowest BCUT2D eigenvalue weighted by atomic mass is 10.0. The van der Waals surface area contributed by atoms with Crippen molar-refractivity contribution >= 4 is 21.8 Å². The van der Waals surface area contributed by atoms with E-state index in [0.29, 0.717) is 0 Å². The molecule has 0 aliphatic heterocycles. The minimum absolute atomic E-state index is 1.23. The summed E-state index contributed by atoms with van der Waals surface area (Å²) in [6.45, 7) is 6.55. The van der Waals surface area contributed by atoms with Gasteiger partial charge in [0.2, 0.25) is 0 Å². The van der Waals surface area contributed by atoms with E-state index in [4.69, 9.17) is 0 Å². The summed E-state index contributed by atoms with van der Waals surface area (Å²) in [6.07, 6.45) is 0. The highest BCUT2D eigenvalue weighted by Gasteiger charge is 2.14. The van der Waals surface area contributed by atoms with E-state index >= 15 is 0 Å². The van der Waals surface area contributed by atoms with Gasteiger partial charge in [-0.25, -0.2) is 0 Å². The van der Waals surface area contributed by atoms with Gasteiger partial charge in [0.25, 0.3) is 0 Å². The summed E-state index contributed by atoms with van der Waals surface area (Å²) in [5.74, 6) is 0. The van der Waals surface area contributed by atoms with Crippen LogP contribution in [-0.2, 0) is 0 Å². The Labute approximate surface area is 130 Å². The van der Waals surface area contributed by atoms with Crippen molar-refractivity contribution in [3.05, 3.63) is 77.4 Å². The maximum atomic E-state index is 2.39. The van der Waals surface area contributed by atoms with E-state index in [2.05, 4.69) is 86.0 Å². The summed E-state index contributed by atoms with van der Waals surface area (Å²) >= 11 is 0. The Morgan fingerprint density at radius 1 is 0.636 bits per heavy atom. The molecule has 108 valence electrons. The first-order valence-corrected chi connectivity index (χ1v) is 7.73. The van der Waals surface area contributed by atoms with Gasteiger partial charge in [0.05, 0.1) is 11.0 Å². The van der Waals surface area contributed by atoms with Crippen LogP contribution in [0.3, 0.4) is 0 Å². The van der Waals surface area contributed by atoms with E-state index in [9.17, 15) is 0 Å². The van der Waals surface area contributed by atoms with Crippen LogP contribution in [0.5, 0.6) is 0 Å². The van der Waals surface area contributed by atoms with Gasteiger partial charge >= 0.3 is 0 Å². The topological polar surface area (TPSA) is 4.93 Å².